The van der Waals surface area contributed by atoms with Crippen molar-refractivity contribution in [2.24, 2.45) is 0 Å². The summed E-state index contributed by atoms with van der Waals surface area (Å²) in [5.41, 5.74) is 0. The largest absolute Gasteiger partial charge is 0.478 e. The van der Waals surface area contributed by atoms with Crippen LogP contribution in [-0.4, -0.2) is 28.4 Å². The van der Waals surface area contributed by atoms with E-state index in [9.17, 15) is 9.59 Å². The van der Waals surface area contributed by atoms with Crippen LogP contribution in [0.15, 0.2) is 11.0 Å². The molecule has 0 amide bonds. The number of carboxylic acids is 2. The molecule has 0 saturated heterocycles. The molecule has 0 aliphatic heterocycles. The van der Waals surface area contributed by atoms with Gasteiger partial charge >= 0.3 is 11.9 Å². The molecule has 0 radical (unpaired) electrons. The second-order valence-corrected chi connectivity index (χ2v) is 2.20. The first-order valence-corrected chi connectivity index (χ1v) is 3.52. The standard InChI is InChI=1S/C5H6O4S/c1-10-3(5(8)9)2-4(6)7/h2H,1H3,(H,6,7)(H,8,9)/b3-2-. The van der Waals surface area contributed by atoms with Gasteiger partial charge in [-0.05, 0) is 6.26 Å². The van der Waals surface area contributed by atoms with E-state index in [1.165, 1.54) is 6.26 Å². The van der Waals surface area contributed by atoms with Gasteiger partial charge in [-0.2, -0.15) is 0 Å². The second-order valence-electron chi connectivity index (χ2n) is 1.36. The van der Waals surface area contributed by atoms with Crippen molar-refractivity contribution in [1.29, 1.82) is 0 Å². The van der Waals surface area contributed by atoms with E-state index in [1.807, 2.05) is 0 Å². The van der Waals surface area contributed by atoms with Crippen LogP contribution < -0.4 is 0 Å². The van der Waals surface area contributed by atoms with E-state index in [1.54, 1.807) is 0 Å². The minimum Gasteiger partial charge on any atom is -0.478 e. The molecule has 0 aromatic rings. The van der Waals surface area contributed by atoms with Gasteiger partial charge in [-0.3, -0.25) is 0 Å². The van der Waals surface area contributed by atoms with Crippen LogP contribution in [0.3, 0.4) is 0 Å². The fraction of sp³-hybridized carbons (Fsp3) is 0.200. The number of thioether (sulfide) groups is 1. The summed E-state index contributed by atoms with van der Waals surface area (Å²) in [5.74, 6) is -2.46. The summed E-state index contributed by atoms with van der Waals surface area (Å²) in [5, 5.41) is 16.4. The lowest BCUT2D eigenvalue weighted by molar-refractivity contribution is -0.134. The van der Waals surface area contributed by atoms with Gasteiger partial charge in [0, 0.05) is 6.08 Å². The summed E-state index contributed by atoms with van der Waals surface area (Å²) >= 11 is 0.887. The van der Waals surface area contributed by atoms with E-state index in [0.29, 0.717) is 6.08 Å². The fourth-order valence-corrected chi connectivity index (χ4v) is 0.713. The predicted octanol–water partition coefficient (Wildman–Crippen LogP) is 0.402. The van der Waals surface area contributed by atoms with Gasteiger partial charge in [-0.25, -0.2) is 9.59 Å². The number of hydrogen-bond donors (Lipinski definition) is 2. The molecule has 0 aliphatic rings. The number of carbonyl (C=O) groups is 2. The first-order chi connectivity index (χ1) is 4.57. The average Bonchev–Trinajstić information content (AvgIpc) is 1.81. The third-order valence-electron chi connectivity index (χ3n) is 0.685. The van der Waals surface area contributed by atoms with Gasteiger partial charge in [0.05, 0.1) is 4.91 Å². The van der Waals surface area contributed by atoms with Crippen LogP contribution >= 0.6 is 11.8 Å². The molecule has 56 valence electrons. The van der Waals surface area contributed by atoms with E-state index in [2.05, 4.69) is 0 Å². The minimum atomic E-state index is -1.24. The van der Waals surface area contributed by atoms with Gasteiger partial charge in [0.25, 0.3) is 0 Å². The van der Waals surface area contributed by atoms with Crippen molar-refractivity contribution in [2.45, 2.75) is 0 Å². The normalized spacial score (nSPS) is 11.1. The minimum absolute atomic E-state index is 0.174. The van der Waals surface area contributed by atoms with Crippen molar-refractivity contribution in [3.63, 3.8) is 0 Å². The molecule has 0 heterocycles. The Morgan fingerprint density at radius 2 is 1.90 bits per heavy atom. The van der Waals surface area contributed by atoms with Gasteiger partial charge in [-0.1, -0.05) is 0 Å². The van der Waals surface area contributed by atoms with Gasteiger partial charge in [0.15, 0.2) is 0 Å². The topological polar surface area (TPSA) is 74.6 Å². The molecular formula is C5H6O4S. The molecule has 0 bridgehead atoms. The number of rotatable bonds is 3. The molecule has 0 aliphatic carbocycles. The number of aliphatic carboxylic acids is 2. The van der Waals surface area contributed by atoms with Crippen molar-refractivity contribution >= 4 is 23.7 Å². The molecule has 0 unspecified atom stereocenters. The molecule has 2 N–H and O–H groups in total. The van der Waals surface area contributed by atoms with Crippen molar-refractivity contribution in [3.05, 3.63) is 11.0 Å². The third kappa shape index (κ3) is 3.13. The van der Waals surface area contributed by atoms with Crippen molar-refractivity contribution in [3.8, 4) is 0 Å². The van der Waals surface area contributed by atoms with Crippen molar-refractivity contribution < 1.29 is 19.8 Å². The van der Waals surface area contributed by atoms with Crippen LogP contribution in [0.1, 0.15) is 0 Å². The van der Waals surface area contributed by atoms with Crippen LogP contribution in [0.2, 0.25) is 0 Å². The molecule has 0 spiro atoms. The molecule has 0 rings (SSSR count). The highest BCUT2D eigenvalue weighted by Gasteiger charge is 2.06. The van der Waals surface area contributed by atoms with Gasteiger partial charge in [0.2, 0.25) is 0 Å². The van der Waals surface area contributed by atoms with E-state index < -0.39 is 11.9 Å². The molecule has 0 fully saturated rings. The van der Waals surface area contributed by atoms with E-state index in [-0.39, 0.29) is 4.91 Å². The van der Waals surface area contributed by atoms with Crippen LogP contribution in [0, 0.1) is 0 Å². The second kappa shape index (κ2) is 3.94. The smallest absolute Gasteiger partial charge is 0.342 e. The number of hydrogen-bond acceptors (Lipinski definition) is 3. The van der Waals surface area contributed by atoms with Crippen LogP contribution in [0.5, 0.6) is 0 Å². The predicted molar refractivity (Wildman–Crippen MR) is 36.9 cm³/mol. The Morgan fingerprint density at radius 1 is 1.40 bits per heavy atom. The molecule has 0 saturated carbocycles. The summed E-state index contributed by atoms with van der Waals surface area (Å²) in [6, 6.07) is 0. The lowest BCUT2D eigenvalue weighted by Gasteiger charge is -1.91. The lowest BCUT2D eigenvalue weighted by Crippen LogP contribution is -1.99. The molecule has 5 heteroatoms. The maximum absolute atomic E-state index is 10.1. The molecule has 10 heavy (non-hydrogen) atoms. The summed E-state index contributed by atoms with van der Waals surface area (Å²) in [7, 11) is 0. The Kier molecular flexibility index (Phi) is 3.56. The van der Waals surface area contributed by atoms with E-state index >= 15 is 0 Å². The summed E-state index contributed by atoms with van der Waals surface area (Å²) < 4.78 is 0. The Morgan fingerprint density at radius 3 is 2.00 bits per heavy atom. The van der Waals surface area contributed by atoms with Gasteiger partial charge in [-0.15, -0.1) is 11.8 Å². The molecular weight excluding hydrogens is 156 g/mol. The molecule has 0 atom stereocenters. The first kappa shape index (κ1) is 9.03. The van der Waals surface area contributed by atoms with Gasteiger partial charge in [0.1, 0.15) is 0 Å². The maximum Gasteiger partial charge on any atom is 0.342 e. The van der Waals surface area contributed by atoms with Crippen LogP contribution in [0.25, 0.3) is 0 Å². The zero-order valence-corrected chi connectivity index (χ0v) is 6.01. The van der Waals surface area contributed by atoms with Crippen LogP contribution in [0.4, 0.5) is 0 Å². The van der Waals surface area contributed by atoms with Crippen LogP contribution in [-0.2, 0) is 9.59 Å². The number of carboxylic acid groups (broad SMARTS) is 2. The highest BCUT2D eigenvalue weighted by Crippen LogP contribution is 2.10. The summed E-state index contributed by atoms with van der Waals surface area (Å²) in [6.07, 6.45) is 2.16. The Bertz CT molecular complexity index is 184. The molecule has 4 nitrogen and oxygen atoms in total. The highest BCUT2D eigenvalue weighted by molar-refractivity contribution is 8.03. The monoisotopic (exact) mass is 162 g/mol. The fourth-order valence-electron chi connectivity index (χ4n) is 0.320. The molecule has 0 aromatic carbocycles. The zero-order chi connectivity index (χ0) is 8.15. The molecule has 0 aromatic heterocycles. The van der Waals surface area contributed by atoms with E-state index in [0.717, 1.165) is 11.8 Å². The van der Waals surface area contributed by atoms with Crippen molar-refractivity contribution in [1.82, 2.24) is 0 Å². The Hall–Kier alpha value is -0.970. The quantitative estimate of drug-likeness (QED) is 0.587. The zero-order valence-electron chi connectivity index (χ0n) is 5.20. The van der Waals surface area contributed by atoms with E-state index in [4.69, 9.17) is 10.2 Å². The Labute approximate surface area is 61.5 Å². The average molecular weight is 162 g/mol. The summed E-state index contributed by atoms with van der Waals surface area (Å²) in [4.78, 5) is 19.9. The third-order valence-corrected chi connectivity index (χ3v) is 1.42. The van der Waals surface area contributed by atoms with Gasteiger partial charge < -0.3 is 10.2 Å². The SMILES string of the molecule is CS/C(=C\C(=O)O)C(=O)O. The Balaban J connectivity index is 4.34. The maximum atomic E-state index is 10.1. The summed E-state index contributed by atoms with van der Waals surface area (Å²) in [6.45, 7) is 0. The first-order valence-electron chi connectivity index (χ1n) is 2.30. The highest BCUT2D eigenvalue weighted by atomic mass is 32.2. The van der Waals surface area contributed by atoms with Crippen molar-refractivity contribution in [2.75, 3.05) is 6.26 Å². The lowest BCUT2D eigenvalue weighted by atomic mass is 10.5.